The number of anilines is 3. The molecule has 0 aliphatic carbocycles. The summed E-state index contributed by atoms with van der Waals surface area (Å²) < 4.78 is 0. The van der Waals surface area contributed by atoms with Gasteiger partial charge in [-0.05, 0) is 25.1 Å². The standard InChI is InChI=1S/C12H17N7S/c1-3-4-15-10-7(2)11(17-6-16-10)20-12-18-8(13)5-9(14)19-12/h5-6H,3-4H2,1-2H3,(H,15,16,17)(H4,13,14,18,19). The SMILES string of the molecule is CCCNc1ncnc(Sc2nc(N)cc(N)n2)c1C. The first kappa shape index (κ1) is 14.3. The number of hydrogen-bond donors (Lipinski definition) is 3. The van der Waals surface area contributed by atoms with Gasteiger partial charge in [-0.2, -0.15) is 0 Å². The molecule has 8 heteroatoms. The summed E-state index contributed by atoms with van der Waals surface area (Å²) in [6, 6.07) is 1.52. The Morgan fingerprint density at radius 3 is 2.55 bits per heavy atom. The lowest BCUT2D eigenvalue weighted by Crippen LogP contribution is -2.05. The summed E-state index contributed by atoms with van der Waals surface area (Å²) in [6.07, 6.45) is 2.55. The molecule has 0 bridgehead atoms. The van der Waals surface area contributed by atoms with Gasteiger partial charge in [0.05, 0.1) is 0 Å². The molecule has 0 aromatic carbocycles. The van der Waals surface area contributed by atoms with Crippen molar-refractivity contribution in [1.29, 1.82) is 0 Å². The van der Waals surface area contributed by atoms with Crippen molar-refractivity contribution < 1.29 is 0 Å². The molecule has 0 unspecified atom stereocenters. The van der Waals surface area contributed by atoms with Crippen LogP contribution in [0.2, 0.25) is 0 Å². The predicted octanol–water partition coefficient (Wildman–Crippen LogP) is 1.71. The Morgan fingerprint density at radius 2 is 1.90 bits per heavy atom. The van der Waals surface area contributed by atoms with Gasteiger partial charge in [-0.1, -0.05) is 6.92 Å². The predicted molar refractivity (Wildman–Crippen MR) is 80.5 cm³/mol. The van der Waals surface area contributed by atoms with Crippen molar-refractivity contribution in [2.75, 3.05) is 23.3 Å². The van der Waals surface area contributed by atoms with Crippen molar-refractivity contribution in [3.63, 3.8) is 0 Å². The van der Waals surface area contributed by atoms with E-state index in [2.05, 4.69) is 32.2 Å². The van der Waals surface area contributed by atoms with Gasteiger partial charge in [-0.15, -0.1) is 0 Å². The van der Waals surface area contributed by atoms with E-state index in [9.17, 15) is 0 Å². The van der Waals surface area contributed by atoms with Crippen molar-refractivity contribution in [2.24, 2.45) is 0 Å². The number of aromatic nitrogens is 4. The molecule has 7 nitrogen and oxygen atoms in total. The highest BCUT2D eigenvalue weighted by atomic mass is 32.2. The minimum Gasteiger partial charge on any atom is -0.383 e. The fourth-order valence-electron chi connectivity index (χ4n) is 1.55. The number of nitrogen functional groups attached to an aromatic ring is 2. The molecule has 2 aromatic rings. The smallest absolute Gasteiger partial charge is 0.197 e. The van der Waals surface area contributed by atoms with Gasteiger partial charge in [-0.3, -0.25) is 0 Å². The van der Waals surface area contributed by atoms with Crippen LogP contribution in [0.25, 0.3) is 0 Å². The zero-order valence-electron chi connectivity index (χ0n) is 11.4. The molecule has 0 spiro atoms. The maximum absolute atomic E-state index is 5.66. The van der Waals surface area contributed by atoms with Gasteiger partial charge in [-0.25, -0.2) is 19.9 Å². The number of nitrogens with two attached hydrogens (primary N) is 2. The molecular formula is C12H17N7S. The lowest BCUT2D eigenvalue weighted by atomic mass is 10.3. The average molecular weight is 291 g/mol. The van der Waals surface area contributed by atoms with E-state index in [1.807, 2.05) is 6.92 Å². The van der Waals surface area contributed by atoms with Crippen LogP contribution in [0.4, 0.5) is 17.5 Å². The van der Waals surface area contributed by atoms with Gasteiger partial charge in [0, 0.05) is 18.2 Å². The Hall–Kier alpha value is -2.09. The monoisotopic (exact) mass is 291 g/mol. The highest BCUT2D eigenvalue weighted by molar-refractivity contribution is 7.99. The van der Waals surface area contributed by atoms with Crippen molar-refractivity contribution >= 4 is 29.2 Å². The van der Waals surface area contributed by atoms with E-state index in [1.165, 1.54) is 24.2 Å². The highest BCUT2D eigenvalue weighted by Crippen LogP contribution is 2.29. The lowest BCUT2D eigenvalue weighted by Gasteiger charge is -2.10. The molecule has 0 atom stereocenters. The molecule has 0 saturated carbocycles. The van der Waals surface area contributed by atoms with Crippen LogP contribution < -0.4 is 16.8 Å². The fraction of sp³-hybridized carbons (Fsp3) is 0.333. The molecule has 0 saturated heterocycles. The summed E-state index contributed by atoms with van der Waals surface area (Å²) >= 11 is 1.32. The van der Waals surface area contributed by atoms with Crippen molar-refractivity contribution in [3.05, 3.63) is 18.0 Å². The Balaban J connectivity index is 2.24. The third-order valence-electron chi connectivity index (χ3n) is 2.51. The second-order valence-corrected chi connectivity index (χ2v) is 5.14. The summed E-state index contributed by atoms with van der Waals surface area (Å²) in [5.74, 6) is 1.51. The number of nitrogens with zero attached hydrogens (tertiary/aromatic N) is 4. The summed E-state index contributed by atoms with van der Waals surface area (Å²) in [5, 5.41) is 4.52. The molecule has 2 rings (SSSR count). The second kappa shape index (κ2) is 6.38. The minimum atomic E-state index is 0.344. The highest BCUT2D eigenvalue weighted by Gasteiger charge is 2.10. The zero-order valence-corrected chi connectivity index (χ0v) is 12.2. The second-order valence-electron chi connectivity index (χ2n) is 4.18. The Morgan fingerprint density at radius 1 is 1.20 bits per heavy atom. The van der Waals surface area contributed by atoms with Crippen molar-refractivity contribution in [2.45, 2.75) is 30.5 Å². The maximum atomic E-state index is 5.66. The zero-order chi connectivity index (χ0) is 14.5. The first-order chi connectivity index (χ1) is 9.60. The van der Waals surface area contributed by atoms with Crippen molar-refractivity contribution in [1.82, 2.24) is 19.9 Å². The van der Waals surface area contributed by atoms with E-state index in [0.29, 0.717) is 16.8 Å². The first-order valence-corrected chi connectivity index (χ1v) is 7.05. The van der Waals surface area contributed by atoms with E-state index in [1.54, 1.807) is 0 Å². The van der Waals surface area contributed by atoms with Crippen LogP contribution in [0, 0.1) is 6.92 Å². The van der Waals surface area contributed by atoms with Gasteiger partial charge in [0.25, 0.3) is 0 Å². The van der Waals surface area contributed by atoms with Crippen LogP contribution in [0.3, 0.4) is 0 Å². The average Bonchev–Trinajstić information content (AvgIpc) is 2.38. The third-order valence-corrected chi connectivity index (χ3v) is 3.48. The normalized spacial score (nSPS) is 10.5. The molecule has 106 valence electrons. The molecular weight excluding hydrogens is 274 g/mol. The van der Waals surface area contributed by atoms with Crippen LogP contribution in [-0.4, -0.2) is 26.5 Å². The van der Waals surface area contributed by atoms with E-state index < -0.39 is 0 Å². The number of nitrogens with one attached hydrogen (secondary N) is 1. The van der Waals surface area contributed by atoms with Gasteiger partial charge >= 0.3 is 0 Å². The quantitative estimate of drug-likeness (QED) is 0.563. The molecule has 2 aromatic heterocycles. The van der Waals surface area contributed by atoms with Crippen LogP contribution in [0.15, 0.2) is 22.6 Å². The molecule has 2 heterocycles. The minimum absolute atomic E-state index is 0.344. The van der Waals surface area contributed by atoms with E-state index >= 15 is 0 Å². The van der Waals surface area contributed by atoms with Crippen LogP contribution in [0.5, 0.6) is 0 Å². The molecule has 0 radical (unpaired) electrons. The van der Waals surface area contributed by atoms with E-state index in [4.69, 9.17) is 11.5 Å². The molecule has 0 aliphatic rings. The molecule has 0 aliphatic heterocycles. The maximum Gasteiger partial charge on any atom is 0.197 e. The summed E-state index contributed by atoms with van der Waals surface area (Å²) in [5.41, 5.74) is 12.3. The molecule has 0 fully saturated rings. The van der Waals surface area contributed by atoms with Gasteiger partial charge in [0.1, 0.15) is 28.8 Å². The summed E-state index contributed by atoms with van der Waals surface area (Å²) in [4.78, 5) is 16.7. The molecule has 0 amide bonds. The summed E-state index contributed by atoms with van der Waals surface area (Å²) in [7, 11) is 0. The van der Waals surface area contributed by atoms with Crippen LogP contribution >= 0.6 is 11.8 Å². The fourth-order valence-corrected chi connectivity index (χ4v) is 2.38. The molecule has 5 N–H and O–H groups in total. The van der Waals surface area contributed by atoms with Crippen LogP contribution in [-0.2, 0) is 0 Å². The largest absolute Gasteiger partial charge is 0.383 e. The first-order valence-electron chi connectivity index (χ1n) is 6.23. The van der Waals surface area contributed by atoms with Gasteiger partial charge in [0.2, 0.25) is 0 Å². The Labute approximate surface area is 121 Å². The summed E-state index contributed by atoms with van der Waals surface area (Å²) in [6.45, 7) is 4.92. The lowest BCUT2D eigenvalue weighted by molar-refractivity contribution is 0.930. The Bertz CT molecular complexity index is 582. The molecule has 20 heavy (non-hydrogen) atoms. The van der Waals surface area contributed by atoms with E-state index in [-0.39, 0.29) is 0 Å². The number of rotatable bonds is 5. The van der Waals surface area contributed by atoms with Crippen molar-refractivity contribution in [3.8, 4) is 0 Å². The third kappa shape index (κ3) is 3.47. The van der Waals surface area contributed by atoms with Gasteiger partial charge < -0.3 is 16.8 Å². The van der Waals surface area contributed by atoms with Crippen LogP contribution in [0.1, 0.15) is 18.9 Å². The number of hydrogen-bond acceptors (Lipinski definition) is 8. The Kier molecular flexibility index (Phi) is 4.57. The van der Waals surface area contributed by atoms with Gasteiger partial charge in [0.15, 0.2) is 5.16 Å². The van der Waals surface area contributed by atoms with E-state index in [0.717, 1.165) is 29.4 Å². The topological polar surface area (TPSA) is 116 Å².